The highest BCUT2D eigenvalue weighted by Crippen LogP contribution is 2.20. The van der Waals surface area contributed by atoms with Crippen LogP contribution in [0.15, 0.2) is 36.5 Å². The van der Waals surface area contributed by atoms with Gasteiger partial charge in [0, 0.05) is 6.20 Å². The number of nitrogens with one attached hydrogen (secondary N) is 2. The highest BCUT2D eigenvalue weighted by atomic mass is 16.3. The number of amides is 2. The third-order valence-corrected chi connectivity index (χ3v) is 1.85. The second-order valence-electron chi connectivity index (χ2n) is 3.72. The molecule has 2 amide bonds. The molecule has 0 bridgehead atoms. The first-order valence-electron chi connectivity index (χ1n) is 5.12. The fraction of sp³-hybridized carbons (Fsp3) is 0.250. The Morgan fingerprint density at radius 3 is 2.69 bits per heavy atom. The second-order valence-corrected chi connectivity index (χ2v) is 3.72. The van der Waals surface area contributed by atoms with E-state index >= 15 is 0 Å². The average molecular weight is 220 g/mol. The average Bonchev–Trinajstić information content (AvgIpc) is 2.21. The van der Waals surface area contributed by atoms with Gasteiger partial charge in [0.05, 0.1) is 5.69 Å². The zero-order valence-corrected chi connectivity index (χ0v) is 9.40. The molecule has 0 heterocycles. The van der Waals surface area contributed by atoms with Crippen molar-refractivity contribution in [2.24, 2.45) is 5.92 Å². The van der Waals surface area contributed by atoms with Crippen molar-refractivity contribution >= 4 is 11.7 Å². The van der Waals surface area contributed by atoms with E-state index < -0.39 is 0 Å². The SMILES string of the molecule is CC(C)/C=C/NC(=O)Nc1ccccc1O. The van der Waals surface area contributed by atoms with Crippen LogP contribution in [0.25, 0.3) is 0 Å². The fourth-order valence-corrected chi connectivity index (χ4v) is 1.05. The summed E-state index contributed by atoms with van der Waals surface area (Å²) in [6.45, 7) is 4.03. The highest BCUT2D eigenvalue weighted by Gasteiger charge is 2.02. The van der Waals surface area contributed by atoms with Crippen LogP contribution in [0.4, 0.5) is 10.5 Å². The number of benzene rings is 1. The summed E-state index contributed by atoms with van der Waals surface area (Å²) in [6, 6.07) is 6.19. The van der Waals surface area contributed by atoms with E-state index in [4.69, 9.17) is 0 Å². The lowest BCUT2D eigenvalue weighted by atomic mass is 10.2. The molecule has 1 rings (SSSR count). The Kier molecular flexibility index (Phi) is 4.39. The number of aromatic hydroxyl groups is 1. The van der Waals surface area contributed by atoms with Gasteiger partial charge in [0.15, 0.2) is 0 Å². The van der Waals surface area contributed by atoms with Crippen LogP contribution in [-0.4, -0.2) is 11.1 Å². The predicted molar refractivity (Wildman–Crippen MR) is 64.2 cm³/mol. The van der Waals surface area contributed by atoms with Crippen LogP contribution in [0.5, 0.6) is 5.75 Å². The molecule has 3 N–H and O–H groups in total. The van der Waals surface area contributed by atoms with Gasteiger partial charge < -0.3 is 15.7 Å². The number of hydrogen-bond donors (Lipinski definition) is 3. The molecule has 0 aliphatic carbocycles. The van der Waals surface area contributed by atoms with E-state index in [-0.39, 0.29) is 11.8 Å². The summed E-state index contributed by atoms with van der Waals surface area (Å²) in [5.41, 5.74) is 0.387. The van der Waals surface area contributed by atoms with Crippen LogP contribution in [0, 0.1) is 5.92 Å². The lowest BCUT2D eigenvalue weighted by Gasteiger charge is -2.06. The van der Waals surface area contributed by atoms with Gasteiger partial charge in [-0.1, -0.05) is 32.1 Å². The van der Waals surface area contributed by atoms with Crippen molar-refractivity contribution in [1.82, 2.24) is 5.32 Å². The van der Waals surface area contributed by atoms with Crippen molar-refractivity contribution in [3.63, 3.8) is 0 Å². The molecule has 0 aliphatic heterocycles. The van der Waals surface area contributed by atoms with Gasteiger partial charge in [-0.2, -0.15) is 0 Å². The van der Waals surface area contributed by atoms with E-state index in [0.29, 0.717) is 11.6 Å². The van der Waals surface area contributed by atoms with Gasteiger partial charge in [-0.15, -0.1) is 0 Å². The van der Waals surface area contributed by atoms with Gasteiger partial charge in [-0.25, -0.2) is 4.79 Å². The maximum atomic E-state index is 11.4. The van der Waals surface area contributed by atoms with E-state index in [2.05, 4.69) is 10.6 Å². The van der Waals surface area contributed by atoms with Crippen LogP contribution < -0.4 is 10.6 Å². The normalized spacial score (nSPS) is 10.7. The minimum Gasteiger partial charge on any atom is -0.506 e. The molecule has 16 heavy (non-hydrogen) atoms. The van der Waals surface area contributed by atoms with E-state index in [0.717, 1.165) is 0 Å². The summed E-state index contributed by atoms with van der Waals surface area (Å²) in [7, 11) is 0. The van der Waals surface area contributed by atoms with Crippen LogP contribution in [0.3, 0.4) is 0 Å². The molecule has 0 saturated heterocycles. The molecule has 0 saturated carbocycles. The Bertz CT molecular complexity index is 386. The molecule has 0 atom stereocenters. The van der Waals surface area contributed by atoms with Crippen molar-refractivity contribution in [3.8, 4) is 5.75 Å². The second kappa shape index (κ2) is 5.80. The zero-order chi connectivity index (χ0) is 12.0. The Balaban J connectivity index is 2.49. The molecule has 0 fully saturated rings. The predicted octanol–water partition coefficient (Wildman–Crippen LogP) is 2.68. The molecular formula is C12H16N2O2. The molecule has 4 heteroatoms. The molecule has 0 radical (unpaired) electrons. The third kappa shape index (κ3) is 4.04. The Morgan fingerprint density at radius 2 is 2.06 bits per heavy atom. The number of allylic oxidation sites excluding steroid dienone is 1. The number of rotatable bonds is 3. The first kappa shape index (κ1) is 12.1. The third-order valence-electron chi connectivity index (χ3n) is 1.85. The van der Waals surface area contributed by atoms with Crippen molar-refractivity contribution in [3.05, 3.63) is 36.5 Å². The summed E-state index contributed by atoms with van der Waals surface area (Å²) in [4.78, 5) is 11.4. The summed E-state index contributed by atoms with van der Waals surface area (Å²) in [5, 5.41) is 14.5. The number of anilines is 1. The maximum absolute atomic E-state index is 11.4. The van der Waals surface area contributed by atoms with Gasteiger partial charge in [-0.3, -0.25) is 0 Å². The fourth-order valence-electron chi connectivity index (χ4n) is 1.05. The summed E-state index contributed by atoms with van der Waals surface area (Å²) in [6.07, 6.45) is 3.45. The van der Waals surface area contributed by atoms with Crippen LogP contribution >= 0.6 is 0 Å². The molecular weight excluding hydrogens is 204 g/mol. The highest BCUT2D eigenvalue weighted by molar-refractivity contribution is 5.91. The minimum atomic E-state index is -0.376. The summed E-state index contributed by atoms with van der Waals surface area (Å²) < 4.78 is 0. The van der Waals surface area contributed by atoms with Crippen LogP contribution in [-0.2, 0) is 0 Å². The Morgan fingerprint density at radius 1 is 1.38 bits per heavy atom. The van der Waals surface area contributed by atoms with Crippen molar-refractivity contribution in [2.75, 3.05) is 5.32 Å². The largest absolute Gasteiger partial charge is 0.506 e. The molecule has 86 valence electrons. The quantitative estimate of drug-likeness (QED) is 0.686. The van der Waals surface area contributed by atoms with Crippen LogP contribution in [0.1, 0.15) is 13.8 Å². The van der Waals surface area contributed by atoms with Gasteiger partial charge >= 0.3 is 6.03 Å². The molecule has 0 aliphatic rings. The number of phenols is 1. The minimum absolute atomic E-state index is 0.0467. The van der Waals surface area contributed by atoms with E-state index in [1.807, 2.05) is 19.9 Å². The first-order valence-corrected chi connectivity index (χ1v) is 5.12. The standard InChI is InChI=1S/C12H16N2O2/c1-9(2)7-8-13-12(16)14-10-5-3-4-6-11(10)15/h3-9,15H,1-2H3,(H2,13,14,16)/b8-7+. The first-order chi connectivity index (χ1) is 7.59. The molecule has 4 nitrogen and oxygen atoms in total. The summed E-state index contributed by atoms with van der Waals surface area (Å²) >= 11 is 0. The Hall–Kier alpha value is -1.97. The van der Waals surface area contributed by atoms with E-state index in [1.165, 1.54) is 6.07 Å². The van der Waals surface area contributed by atoms with Crippen molar-refractivity contribution in [2.45, 2.75) is 13.8 Å². The molecule has 0 aromatic heterocycles. The maximum Gasteiger partial charge on any atom is 0.323 e. The molecule has 0 unspecified atom stereocenters. The number of hydrogen-bond acceptors (Lipinski definition) is 2. The lowest BCUT2D eigenvalue weighted by molar-refractivity contribution is 0.255. The van der Waals surface area contributed by atoms with E-state index in [9.17, 15) is 9.90 Å². The topological polar surface area (TPSA) is 61.4 Å². The molecule has 1 aromatic carbocycles. The van der Waals surface area contributed by atoms with Gasteiger partial charge in [0.25, 0.3) is 0 Å². The number of carbonyl (C=O) groups is 1. The summed E-state index contributed by atoms with van der Waals surface area (Å²) in [5.74, 6) is 0.427. The van der Waals surface area contributed by atoms with E-state index in [1.54, 1.807) is 24.4 Å². The van der Waals surface area contributed by atoms with Gasteiger partial charge in [0.2, 0.25) is 0 Å². The number of phenolic OH excluding ortho intramolecular Hbond substituents is 1. The number of para-hydroxylation sites is 2. The van der Waals surface area contributed by atoms with Crippen LogP contribution in [0.2, 0.25) is 0 Å². The smallest absolute Gasteiger partial charge is 0.323 e. The molecule has 0 spiro atoms. The number of carbonyl (C=O) groups excluding carboxylic acids is 1. The lowest BCUT2D eigenvalue weighted by Crippen LogP contribution is -2.23. The van der Waals surface area contributed by atoms with Gasteiger partial charge in [-0.05, 0) is 18.1 Å². The number of urea groups is 1. The molecule has 1 aromatic rings. The zero-order valence-electron chi connectivity index (χ0n) is 9.40. The van der Waals surface area contributed by atoms with Gasteiger partial charge in [0.1, 0.15) is 5.75 Å². The monoisotopic (exact) mass is 220 g/mol. The van der Waals surface area contributed by atoms with Crippen molar-refractivity contribution in [1.29, 1.82) is 0 Å². The Labute approximate surface area is 95.0 Å². The van der Waals surface area contributed by atoms with Crippen molar-refractivity contribution < 1.29 is 9.90 Å².